The molecule has 1 aliphatic rings. The minimum Gasteiger partial charge on any atom is -0.208 e. The van der Waals surface area contributed by atoms with Gasteiger partial charge in [-0.3, -0.25) is 0 Å². The Labute approximate surface area is 149 Å². The van der Waals surface area contributed by atoms with Crippen LogP contribution >= 0.6 is 0 Å². The van der Waals surface area contributed by atoms with E-state index in [9.17, 15) is 16.8 Å². The number of sulfonamides is 2. The van der Waals surface area contributed by atoms with Crippen LogP contribution in [0.4, 0.5) is 0 Å². The highest BCUT2D eigenvalue weighted by atomic mass is 32.2. The highest BCUT2D eigenvalue weighted by Crippen LogP contribution is 2.21. The second kappa shape index (κ2) is 8.27. The van der Waals surface area contributed by atoms with Gasteiger partial charge in [-0.25, -0.2) is 21.6 Å². The Hall–Kier alpha value is -1.47. The molecule has 2 rings (SSSR count). The van der Waals surface area contributed by atoms with Gasteiger partial charge in [0.05, 0.1) is 15.9 Å². The second-order valence-electron chi connectivity index (χ2n) is 6.16. The molecular weight excluding hydrogens is 362 g/mol. The molecule has 0 aliphatic heterocycles. The molecule has 1 saturated carbocycles. The van der Waals surface area contributed by atoms with Gasteiger partial charge in [0.2, 0.25) is 20.0 Å². The minimum atomic E-state index is -3.73. The molecule has 0 atom stereocenters. The number of rotatable bonds is 7. The number of hydrogen-bond donors (Lipinski definition) is 1. The van der Waals surface area contributed by atoms with Crippen LogP contribution in [0.5, 0.6) is 0 Å². The smallest absolute Gasteiger partial charge is 0.208 e. The highest BCUT2D eigenvalue weighted by molar-refractivity contribution is 7.89. The van der Waals surface area contributed by atoms with Gasteiger partial charge in [0.15, 0.2) is 0 Å². The van der Waals surface area contributed by atoms with Gasteiger partial charge in [0, 0.05) is 26.1 Å². The van der Waals surface area contributed by atoms with Crippen LogP contribution in [0, 0.1) is 11.3 Å². The summed E-state index contributed by atoms with van der Waals surface area (Å²) >= 11 is 0. The summed E-state index contributed by atoms with van der Waals surface area (Å²) in [5.74, 6) is 0. The van der Waals surface area contributed by atoms with Crippen molar-refractivity contribution in [3.63, 3.8) is 0 Å². The molecule has 1 aliphatic carbocycles. The van der Waals surface area contributed by atoms with Crippen LogP contribution < -0.4 is 4.72 Å². The molecular formula is C16H23N3O4S2. The van der Waals surface area contributed by atoms with Crippen molar-refractivity contribution in [3.8, 4) is 6.07 Å². The molecule has 138 valence electrons. The van der Waals surface area contributed by atoms with Gasteiger partial charge in [-0.1, -0.05) is 19.3 Å². The maximum Gasteiger partial charge on any atom is 0.242 e. The first-order valence-corrected chi connectivity index (χ1v) is 11.2. The molecule has 0 heterocycles. The van der Waals surface area contributed by atoms with E-state index in [1.165, 1.54) is 31.3 Å². The van der Waals surface area contributed by atoms with Crippen molar-refractivity contribution in [2.24, 2.45) is 0 Å². The lowest BCUT2D eigenvalue weighted by atomic mass is 9.96. The van der Waals surface area contributed by atoms with Crippen LogP contribution in [-0.4, -0.2) is 40.8 Å². The molecule has 0 bridgehead atoms. The minimum absolute atomic E-state index is 0.00422. The van der Waals surface area contributed by atoms with Crippen molar-refractivity contribution in [2.75, 3.05) is 13.6 Å². The third-order valence-electron chi connectivity index (χ3n) is 4.31. The summed E-state index contributed by atoms with van der Waals surface area (Å²) in [5, 5.41) is 8.57. The first kappa shape index (κ1) is 19.8. The Morgan fingerprint density at radius 2 is 1.64 bits per heavy atom. The number of nitriles is 1. The Morgan fingerprint density at radius 3 is 2.20 bits per heavy atom. The lowest BCUT2D eigenvalue weighted by Gasteiger charge is -2.22. The van der Waals surface area contributed by atoms with Crippen molar-refractivity contribution in [1.82, 2.24) is 9.03 Å². The predicted octanol–water partition coefficient (Wildman–Crippen LogP) is 1.83. The lowest BCUT2D eigenvalue weighted by molar-refractivity contribution is 0.412. The zero-order valence-electron chi connectivity index (χ0n) is 14.2. The maximum atomic E-state index is 12.4. The van der Waals surface area contributed by atoms with E-state index >= 15 is 0 Å². The van der Waals surface area contributed by atoms with E-state index in [2.05, 4.69) is 4.72 Å². The molecule has 0 radical (unpaired) electrons. The van der Waals surface area contributed by atoms with Gasteiger partial charge in [0.25, 0.3) is 0 Å². The van der Waals surface area contributed by atoms with Crippen molar-refractivity contribution < 1.29 is 16.8 Å². The van der Waals surface area contributed by atoms with Gasteiger partial charge in [-0.05, 0) is 37.1 Å². The van der Waals surface area contributed by atoms with E-state index in [0.717, 1.165) is 36.4 Å². The summed E-state index contributed by atoms with van der Waals surface area (Å²) in [6, 6.07) is 7.01. The normalized spacial score (nSPS) is 16.7. The molecule has 1 aromatic carbocycles. The van der Waals surface area contributed by atoms with E-state index in [0.29, 0.717) is 0 Å². The fourth-order valence-corrected chi connectivity index (χ4v) is 5.28. The number of benzene rings is 1. The summed E-state index contributed by atoms with van der Waals surface area (Å²) < 4.78 is 53.4. The van der Waals surface area contributed by atoms with Crippen LogP contribution in [0.25, 0.3) is 0 Å². The molecule has 0 amide bonds. The van der Waals surface area contributed by atoms with Gasteiger partial charge in [-0.2, -0.15) is 9.57 Å². The summed E-state index contributed by atoms with van der Waals surface area (Å²) in [6.45, 7) is 0.0854. The number of nitrogens with zero attached hydrogens (tertiary/aromatic N) is 2. The first-order valence-electron chi connectivity index (χ1n) is 8.23. The molecule has 9 heteroatoms. The fourth-order valence-electron chi connectivity index (χ4n) is 2.81. The monoisotopic (exact) mass is 385 g/mol. The molecule has 0 unspecified atom stereocenters. The predicted molar refractivity (Wildman–Crippen MR) is 93.7 cm³/mol. The highest BCUT2D eigenvalue weighted by Gasteiger charge is 2.24. The molecule has 1 N–H and O–H groups in total. The largest absolute Gasteiger partial charge is 0.242 e. The van der Waals surface area contributed by atoms with Crippen molar-refractivity contribution in [1.29, 1.82) is 5.26 Å². The fraction of sp³-hybridized carbons (Fsp3) is 0.562. The van der Waals surface area contributed by atoms with E-state index < -0.39 is 20.0 Å². The Bertz CT molecular complexity index is 821. The van der Waals surface area contributed by atoms with Crippen LogP contribution in [0.15, 0.2) is 34.1 Å². The molecule has 0 spiro atoms. The van der Waals surface area contributed by atoms with Crippen LogP contribution in [0.3, 0.4) is 0 Å². The van der Waals surface area contributed by atoms with E-state index in [4.69, 9.17) is 5.26 Å². The van der Waals surface area contributed by atoms with Gasteiger partial charge in [-0.15, -0.1) is 0 Å². The standard InChI is InChI=1S/C16H23N3O4S2/c1-19(13-5-12-17)25(22,23)16-10-8-15(9-11-16)24(20,21)18-14-6-3-2-4-7-14/h8-11,14,18H,2-7,13H2,1H3. The summed E-state index contributed by atoms with van der Waals surface area (Å²) in [5.41, 5.74) is 0. The number of hydrogen-bond acceptors (Lipinski definition) is 5. The van der Waals surface area contributed by atoms with Gasteiger partial charge < -0.3 is 0 Å². The van der Waals surface area contributed by atoms with Crippen molar-refractivity contribution in [2.45, 2.75) is 54.4 Å². The summed E-state index contributed by atoms with van der Waals surface area (Å²) in [6.07, 6.45) is 4.90. The third-order valence-corrected chi connectivity index (χ3v) is 7.72. The number of nitrogens with one attached hydrogen (secondary N) is 1. The summed E-state index contributed by atoms with van der Waals surface area (Å²) in [7, 11) is -6.00. The first-order chi connectivity index (χ1) is 11.8. The van der Waals surface area contributed by atoms with Crippen molar-refractivity contribution >= 4 is 20.0 Å². The molecule has 1 aromatic rings. The molecule has 0 saturated heterocycles. The quantitative estimate of drug-likeness (QED) is 0.770. The van der Waals surface area contributed by atoms with Crippen LogP contribution in [0.2, 0.25) is 0 Å². The Balaban J connectivity index is 2.14. The van der Waals surface area contributed by atoms with E-state index in [1.807, 2.05) is 6.07 Å². The second-order valence-corrected chi connectivity index (χ2v) is 9.92. The molecule has 0 aromatic heterocycles. The van der Waals surface area contributed by atoms with E-state index in [-0.39, 0.29) is 28.8 Å². The Kier molecular flexibility index (Phi) is 6.57. The zero-order chi connectivity index (χ0) is 18.5. The van der Waals surface area contributed by atoms with Crippen LogP contribution in [-0.2, 0) is 20.0 Å². The maximum absolute atomic E-state index is 12.4. The lowest BCUT2D eigenvalue weighted by Crippen LogP contribution is -2.36. The average molecular weight is 386 g/mol. The zero-order valence-corrected chi connectivity index (χ0v) is 15.8. The average Bonchev–Trinajstić information content (AvgIpc) is 2.60. The Morgan fingerprint density at radius 1 is 1.08 bits per heavy atom. The van der Waals surface area contributed by atoms with Gasteiger partial charge >= 0.3 is 0 Å². The van der Waals surface area contributed by atoms with Crippen molar-refractivity contribution in [3.05, 3.63) is 24.3 Å². The van der Waals surface area contributed by atoms with Gasteiger partial charge in [0.1, 0.15) is 0 Å². The SMILES string of the molecule is CN(CCC#N)S(=O)(=O)c1ccc(S(=O)(=O)NC2CCCCC2)cc1. The molecule has 7 nitrogen and oxygen atoms in total. The topological polar surface area (TPSA) is 107 Å². The molecule has 1 fully saturated rings. The van der Waals surface area contributed by atoms with Crippen LogP contribution in [0.1, 0.15) is 38.5 Å². The third kappa shape index (κ3) is 5.01. The molecule has 25 heavy (non-hydrogen) atoms. The van der Waals surface area contributed by atoms with E-state index in [1.54, 1.807) is 0 Å². The summed E-state index contributed by atoms with van der Waals surface area (Å²) in [4.78, 5) is 0.0567.